The van der Waals surface area contributed by atoms with Crippen LogP contribution in [0.25, 0.3) is 0 Å². The monoisotopic (exact) mass is 212 g/mol. The molecular weight excluding hydrogens is 192 g/mol. The third kappa shape index (κ3) is 2.85. The van der Waals surface area contributed by atoms with Crippen molar-refractivity contribution in [2.45, 2.75) is 39.5 Å². The van der Waals surface area contributed by atoms with Gasteiger partial charge in [-0.05, 0) is 38.2 Å². The van der Waals surface area contributed by atoms with Gasteiger partial charge in [0.25, 0.3) is 0 Å². The summed E-state index contributed by atoms with van der Waals surface area (Å²) < 4.78 is 0. The Labute approximate surface area is 98.7 Å². The van der Waals surface area contributed by atoms with E-state index in [1.165, 1.54) is 30.4 Å². The SMILES string of the molecule is CCC1=CC=C(Cc2cccc(C)c2)CC1. The van der Waals surface area contributed by atoms with Crippen LogP contribution in [-0.2, 0) is 6.42 Å². The molecule has 0 saturated heterocycles. The summed E-state index contributed by atoms with van der Waals surface area (Å²) in [5, 5.41) is 0. The van der Waals surface area contributed by atoms with Crippen molar-refractivity contribution in [3.63, 3.8) is 0 Å². The van der Waals surface area contributed by atoms with E-state index in [2.05, 4.69) is 50.3 Å². The van der Waals surface area contributed by atoms with Gasteiger partial charge in [-0.15, -0.1) is 0 Å². The normalized spacial score (nSPS) is 15.6. The minimum Gasteiger partial charge on any atom is -0.0702 e. The van der Waals surface area contributed by atoms with Crippen LogP contribution < -0.4 is 0 Å². The second-order valence-electron chi connectivity index (χ2n) is 4.67. The van der Waals surface area contributed by atoms with Crippen molar-refractivity contribution in [3.8, 4) is 0 Å². The number of allylic oxidation sites excluding steroid dienone is 4. The number of hydrogen-bond donors (Lipinski definition) is 0. The van der Waals surface area contributed by atoms with Crippen molar-refractivity contribution in [1.82, 2.24) is 0 Å². The van der Waals surface area contributed by atoms with E-state index < -0.39 is 0 Å². The summed E-state index contributed by atoms with van der Waals surface area (Å²) in [5.74, 6) is 0. The minimum atomic E-state index is 1.12. The van der Waals surface area contributed by atoms with Crippen LogP contribution in [0.5, 0.6) is 0 Å². The molecular formula is C16H20. The Morgan fingerprint density at radius 1 is 1.06 bits per heavy atom. The first-order chi connectivity index (χ1) is 7.78. The van der Waals surface area contributed by atoms with Crippen molar-refractivity contribution in [1.29, 1.82) is 0 Å². The molecule has 0 radical (unpaired) electrons. The molecule has 0 aliphatic heterocycles. The first-order valence-corrected chi connectivity index (χ1v) is 6.21. The van der Waals surface area contributed by atoms with Crippen LogP contribution in [-0.4, -0.2) is 0 Å². The zero-order valence-electron chi connectivity index (χ0n) is 10.3. The van der Waals surface area contributed by atoms with E-state index in [9.17, 15) is 0 Å². The Hall–Kier alpha value is -1.30. The predicted octanol–water partition coefficient (Wildman–Crippen LogP) is 4.59. The smallest absolute Gasteiger partial charge is 0.00638 e. The van der Waals surface area contributed by atoms with Gasteiger partial charge < -0.3 is 0 Å². The molecule has 2 rings (SSSR count). The predicted molar refractivity (Wildman–Crippen MR) is 70.6 cm³/mol. The van der Waals surface area contributed by atoms with Crippen LogP contribution in [0.15, 0.2) is 47.6 Å². The fraction of sp³-hybridized carbons (Fsp3) is 0.375. The number of aryl methyl sites for hydroxylation is 1. The fourth-order valence-electron chi connectivity index (χ4n) is 2.25. The van der Waals surface area contributed by atoms with Crippen LogP contribution in [0.2, 0.25) is 0 Å². The molecule has 0 aromatic heterocycles. The number of benzene rings is 1. The Morgan fingerprint density at radius 2 is 1.81 bits per heavy atom. The number of rotatable bonds is 3. The summed E-state index contributed by atoms with van der Waals surface area (Å²) >= 11 is 0. The molecule has 0 fully saturated rings. The molecule has 0 heteroatoms. The summed E-state index contributed by atoms with van der Waals surface area (Å²) in [5.41, 5.74) is 5.97. The zero-order chi connectivity index (χ0) is 11.4. The fourth-order valence-corrected chi connectivity index (χ4v) is 2.25. The lowest BCUT2D eigenvalue weighted by atomic mass is 9.92. The highest BCUT2D eigenvalue weighted by atomic mass is 14.1. The number of hydrogen-bond acceptors (Lipinski definition) is 0. The average molecular weight is 212 g/mol. The van der Waals surface area contributed by atoms with E-state index in [-0.39, 0.29) is 0 Å². The summed E-state index contributed by atoms with van der Waals surface area (Å²) in [4.78, 5) is 0. The van der Waals surface area contributed by atoms with Crippen LogP contribution in [0.4, 0.5) is 0 Å². The van der Waals surface area contributed by atoms with Gasteiger partial charge in [0.15, 0.2) is 0 Å². The highest BCUT2D eigenvalue weighted by molar-refractivity contribution is 5.31. The Morgan fingerprint density at radius 3 is 2.44 bits per heavy atom. The molecule has 0 unspecified atom stereocenters. The molecule has 1 aliphatic carbocycles. The van der Waals surface area contributed by atoms with Crippen LogP contribution in [0.3, 0.4) is 0 Å². The van der Waals surface area contributed by atoms with Crippen LogP contribution in [0.1, 0.15) is 37.3 Å². The van der Waals surface area contributed by atoms with E-state index in [0.29, 0.717) is 0 Å². The van der Waals surface area contributed by atoms with E-state index >= 15 is 0 Å². The molecule has 16 heavy (non-hydrogen) atoms. The van der Waals surface area contributed by atoms with Gasteiger partial charge in [0.1, 0.15) is 0 Å². The third-order valence-electron chi connectivity index (χ3n) is 3.29. The van der Waals surface area contributed by atoms with Crippen molar-refractivity contribution >= 4 is 0 Å². The standard InChI is InChI=1S/C16H20/c1-3-14-7-9-15(10-8-14)12-16-6-4-5-13(2)11-16/h4-7,9,11H,3,8,10,12H2,1-2H3. The van der Waals surface area contributed by atoms with Crippen molar-refractivity contribution in [2.24, 2.45) is 0 Å². The Balaban J connectivity index is 2.06. The van der Waals surface area contributed by atoms with E-state index in [1.807, 2.05) is 0 Å². The largest absolute Gasteiger partial charge is 0.0702 e. The van der Waals surface area contributed by atoms with Gasteiger partial charge in [-0.2, -0.15) is 0 Å². The highest BCUT2D eigenvalue weighted by Gasteiger charge is 2.05. The maximum atomic E-state index is 2.32. The molecule has 0 N–H and O–H groups in total. The van der Waals surface area contributed by atoms with Crippen molar-refractivity contribution < 1.29 is 0 Å². The topological polar surface area (TPSA) is 0 Å². The average Bonchev–Trinajstić information content (AvgIpc) is 2.30. The molecule has 0 spiro atoms. The van der Waals surface area contributed by atoms with E-state index in [0.717, 1.165) is 6.42 Å². The highest BCUT2D eigenvalue weighted by Crippen LogP contribution is 2.23. The van der Waals surface area contributed by atoms with Crippen LogP contribution in [0, 0.1) is 6.92 Å². The summed E-state index contributed by atoms with van der Waals surface area (Å²) in [6.45, 7) is 4.40. The van der Waals surface area contributed by atoms with Gasteiger partial charge in [0.2, 0.25) is 0 Å². The maximum Gasteiger partial charge on any atom is -0.00638 e. The lowest BCUT2D eigenvalue weighted by molar-refractivity contribution is 0.833. The maximum absolute atomic E-state index is 2.32. The second-order valence-corrected chi connectivity index (χ2v) is 4.67. The third-order valence-corrected chi connectivity index (χ3v) is 3.29. The van der Waals surface area contributed by atoms with Gasteiger partial charge in [-0.3, -0.25) is 0 Å². The van der Waals surface area contributed by atoms with Gasteiger partial charge in [-0.1, -0.05) is 60.1 Å². The lowest BCUT2D eigenvalue weighted by Crippen LogP contribution is -1.97. The molecule has 0 saturated carbocycles. The summed E-state index contributed by atoms with van der Waals surface area (Å²) in [6.07, 6.45) is 9.46. The Kier molecular flexibility index (Phi) is 3.61. The molecule has 84 valence electrons. The van der Waals surface area contributed by atoms with Gasteiger partial charge in [0.05, 0.1) is 0 Å². The van der Waals surface area contributed by atoms with Gasteiger partial charge in [0, 0.05) is 0 Å². The molecule has 0 heterocycles. The molecule has 1 aromatic carbocycles. The van der Waals surface area contributed by atoms with Gasteiger partial charge >= 0.3 is 0 Å². The molecule has 0 bridgehead atoms. The minimum absolute atomic E-state index is 1.12. The molecule has 0 amide bonds. The first-order valence-electron chi connectivity index (χ1n) is 6.21. The van der Waals surface area contributed by atoms with Gasteiger partial charge in [-0.25, -0.2) is 0 Å². The molecule has 1 aliphatic rings. The molecule has 1 aromatic rings. The summed E-state index contributed by atoms with van der Waals surface area (Å²) in [6, 6.07) is 8.84. The lowest BCUT2D eigenvalue weighted by Gasteiger charge is -2.13. The zero-order valence-corrected chi connectivity index (χ0v) is 10.3. The molecule has 0 atom stereocenters. The first kappa shape index (κ1) is 11.2. The quantitative estimate of drug-likeness (QED) is 0.687. The van der Waals surface area contributed by atoms with E-state index in [4.69, 9.17) is 0 Å². The van der Waals surface area contributed by atoms with Crippen molar-refractivity contribution in [3.05, 3.63) is 58.7 Å². The molecule has 0 nitrogen and oxygen atoms in total. The second kappa shape index (κ2) is 5.16. The Bertz CT molecular complexity index is 421. The van der Waals surface area contributed by atoms with E-state index in [1.54, 1.807) is 11.1 Å². The van der Waals surface area contributed by atoms with Crippen molar-refractivity contribution in [2.75, 3.05) is 0 Å². The summed E-state index contributed by atoms with van der Waals surface area (Å²) in [7, 11) is 0. The van der Waals surface area contributed by atoms with Crippen LogP contribution >= 0.6 is 0 Å².